The van der Waals surface area contributed by atoms with Crippen LogP contribution in [-0.4, -0.2) is 44.4 Å². The van der Waals surface area contributed by atoms with Gasteiger partial charge in [0.25, 0.3) is 0 Å². The number of aliphatic imine (C=N–C) groups is 1. The summed E-state index contributed by atoms with van der Waals surface area (Å²) in [6.45, 7) is 1.22. The van der Waals surface area contributed by atoms with Crippen molar-refractivity contribution >= 4 is 17.6 Å². The average Bonchev–Trinajstić information content (AvgIpc) is 3.13. The van der Waals surface area contributed by atoms with Crippen LogP contribution in [0.3, 0.4) is 0 Å². The van der Waals surface area contributed by atoms with E-state index >= 15 is 0 Å². The molecule has 2 bridgehead atoms. The summed E-state index contributed by atoms with van der Waals surface area (Å²) in [5, 5.41) is 7.39. The SMILES string of the molecule is CN=C(NCCOc1cccc(Cl)c1)NC1CC2CCC1O2. The topological polar surface area (TPSA) is 54.9 Å². The predicted octanol–water partition coefficient (Wildman–Crippen LogP) is 2.20. The molecule has 3 atom stereocenters. The van der Waals surface area contributed by atoms with Crippen LogP contribution in [0, 0.1) is 0 Å². The molecule has 0 aromatic heterocycles. The standard InChI is InChI=1S/C16H22ClN3O2/c1-18-16(20-14-10-13-5-6-15(14)22-13)19-7-8-21-12-4-2-3-11(17)9-12/h2-4,9,13-15H,5-8,10H2,1H3,(H2,18,19,20). The Labute approximate surface area is 136 Å². The smallest absolute Gasteiger partial charge is 0.191 e. The van der Waals surface area contributed by atoms with Crippen molar-refractivity contribution in [1.29, 1.82) is 0 Å². The molecular formula is C16H22ClN3O2. The van der Waals surface area contributed by atoms with Crippen molar-refractivity contribution < 1.29 is 9.47 Å². The lowest BCUT2D eigenvalue weighted by Crippen LogP contribution is -2.48. The van der Waals surface area contributed by atoms with Crippen molar-refractivity contribution in [2.24, 2.45) is 4.99 Å². The van der Waals surface area contributed by atoms with Crippen LogP contribution in [0.15, 0.2) is 29.3 Å². The van der Waals surface area contributed by atoms with Crippen LogP contribution in [0.4, 0.5) is 0 Å². The van der Waals surface area contributed by atoms with Gasteiger partial charge in [-0.15, -0.1) is 0 Å². The fourth-order valence-corrected chi connectivity index (χ4v) is 3.24. The zero-order valence-electron chi connectivity index (χ0n) is 12.7. The first-order chi connectivity index (χ1) is 10.7. The number of ether oxygens (including phenoxy) is 2. The summed E-state index contributed by atoms with van der Waals surface area (Å²) in [5.41, 5.74) is 0. The number of nitrogens with one attached hydrogen (secondary N) is 2. The third-order valence-electron chi connectivity index (χ3n) is 4.11. The van der Waals surface area contributed by atoms with Crippen molar-refractivity contribution in [2.75, 3.05) is 20.2 Å². The van der Waals surface area contributed by atoms with Crippen LogP contribution in [-0.2, 0) is 4.74 Å². The zero-order chi connectivity index (χ0) is 15.4. The summed E-state index contributed by atoms with van der Waals surface area (Å²) in [5.74, 6) is 1.58. The normalized spacial score (nSPS) is 27.0. The number of rotatable bonds is 5. The van der Waals surface area contributed by atoms with E-state index in [1.807, 2.05) is 18.2 Å². The molecule has 1 aromatic carbocycles. The molecule has 2 N–H and O–H groups in total. The lowest BCUT2D eigenvalue weighted by atomic mass is 9.96. The molecule has 2 heterocycles. The summed E-state index contributed by atoms with van der Waals surface area (Å²) < 4.78 is 11.5. The minimum absolute atomic E-state index is 0.339. The highest BCUT2D eigenvalue weighted by molar-refractivity contribution is 6.30. The fourth-order valence-electron chi connectivity index (χ4n) is 3.06. The molecule has 0 radical (unpaired) electrons. The summed E-state index contributed by atoms with van der Waals surface area (Å²) in [6.07, 6.45) is 4.20. The second-order valence-corrected chi connectivity index (χ2v) is 6.10. The van der Waals surface area contributed by atoms with Gasteiger partial charge in [-0.2, -0.15) is 0 Å². The second-order valence-electron chi connectivity index (χ2n) is 5.67. The van der Waals surface area contributed by atoms with Gasteiger partial charge in [0.15, 0.2) is 5.96 Å². The third kappa shape index (κ3) is 3.84. The Morgan fingerprint density at radius 2 is 2.36 bits per heavy atom. The third-order valence-corrected chi connectivity index (χ3v) is 4.35. The number of nitrogens with zero attached hydrogens (tertiary/aromatic N) is 1. The first-order valence-corrected chi connectivity index (χ1v) is 8.13. The highest BCUT2D eigenvalue weighted by atomic mass is 35.5. The fraction of sp³-hybridized carbons (Fsp3) is 0.562. The quantitative estimate of drug-likeness (QED) is 0.495. The minimum atomic E-state index is 0.339. The van der Waals surface area contributed by atoms with Gasteiger partial charge in [0.1, 0.15) is 12.4 Å². The van der Waals surface area contributed by atoms with Crippen LogP contribution in [0.5, 0.6) is 5.75 Å². The number of benzene rings is 1. The van der Waals surface area contributed by atoms with Gasteiger partial charge in [-0.25, -0.2) is 0 Å². The summed E-state index contributed by atoms with van der Waals surface area (Å²) >= 11 is 5.92. The van der Waals surface area contributed by atoms with Gasteiger partial charge in [-0.05, 0) is 37.5 Å². The molecular weight excluding hydrogens is 302 g/mol. The van der Waals surface area contributed by atoms with Crippen molar-refractivity contribution in [2.45, 2.75) is 37.5 Å². The van der Waals surface area contributed by atoms with Gasteiger partial charge in [0.05, 0.1) is 24.8 Å². The Kier molecular flexibility index (Phi) is 5.05. The van der Waals surface area contributed by atoms with Crippen molar-refractivity contribution in [1.82, 2.24) is 10.6 Å². The van der Waals surface area contributed by atoms with E-state index in [4.69, 9.17) is 21.1 Å². The Morgan fingerprint density at radius 3 is 3.05 bits per heavy atom. The lowest BCUT2D eigenvalue weighted by Gasteiger charge is -2.22. The van der Waals surface area contributed by atoms with Gasteiger partial charge in [-0.1, -0.05) is 17.7 Å². The van der Waals surface area contributed by atoms with Crippen LogP contribution < -0.4 is 15.4 Å². The van der Waals surface area contributed by atoms with Gasteiger partial charge < -0.3 is 20.1 Å². The molecule has 5 nitrogen and oxygen atoms in total. The molecule has 22 heavy (non-hydrogen) atoms. The average molecular weight is 324 g/mol. The van der Waals surface area contributed by atoms with Crippen molar-refractivity contribution in [3.05, 3.63) is 29.3 Å². The molecule has 6 heteroatoms. The Bertz CT molecular complexity index is 538. The number of guanidine groups is 1. The van der Waals surface area contributed by atoms with Crippen LogP contribution in [0.2, 0.25) is 5.02 Å². The number of halogens is 1. The van der Waals surface area contributed by atoms with E-state index in [0.717, 1.165) is 24.6 Å². The van der Waals surface area contributed by atoms with E-state index < -0.39 is 0 Å². The van der Waals surface area contributed by atoms with E-state index in [2.05, 4.69) is 15.6 Å². The molecule has 0 aliphatic carbocycles. The van der Waals surface area contributed by atoms with E-state index in [1.54, 1.807) is 13.1 Å². The molecule has 0 saturated carbocycles. The van der Waals surface area contributed by atoms with Gasteiger partial charge >= 0.3 is 0 Å². The molecule has 3 unspecified atom stereocenters. The molecule has 120 valence electrons. The van der Waals surface area contributed by atoms with Crippen LogP contribution in [0.1, 0.15) is 19.3 Å². The first-order valence-electron chi connectivity index (χ1n) is 7.75. The highest BCUT2D eigenvalue weighted by Gasteiger charge is 2.41. The summed E-state index contributed by atoms with van der Waals surface area (Å²) in [7, 11) is 1.78. The minimum Gasteiger partial charge on any atom is -0.492 e. The Balaban J connectivity index is 1.38. The Hall–Kier alpha value is -1.46. The van der Waals surface area contributed by atoms with E-state index in [-0.39, 0.29) is 0 Å². The second kappa shape index (κ2) is 7.20. The molecule has 2 aliphatic rings. The van der Waals surface area contributed by atoms with Crippen LogP contribution in [0.25, 0.3) is 0 Å². The van der Waals surface area contributed by atoms with E-state index in [9.17, 15) is 0 Å². The Morgan fingerprint density at radius 1 is 1.45 bits per heavy atom. The molecule has 0 spiro atoms. The number of hydrogen-bond donors (Lipinski definition) is 2. The predicted molar refractivity (Wildman–Crippen MR) is 87.7 cm³/mol. The molecule has 3 rings (SSSR count). The van der Waals surface area contributed by atoms with Crippen molar-refractivity contribution in [3.63, 3.8) is 0 Å². The first kappa shape index (κ1) is 15.4. The van der Waals surface area contributed by atoms with E-state index in [0.29, 0.717) is 36.4 Å². The molecule has 2 aliphatic heterocycles. The molecule has 0 amide bonds. The molecule has 2 fully saturated rings. The number of hydrogen-bond acceptors (Lipinski definition) is 3. The number of fused-ring (bicyclic) bond motifs is 2. The lowest BCUT2D eigenvalue weighted by molar-refractivity contribution is 0.0992. The maximum atomic E-state index is 5.92. The van der Waals surface area contributed by atoms with Crippen LogP contribution >= 0.6 is 11.6 Å². The largest absolute Gasteiger partial charge is 0.492 e. The monoisotopic (exact) mass is 323 g/mol. The van der Waals surface area contributed by atoms with Gasteiger partial charge in [-0.3, -0.25) is 4.99 Å². The maximum Gasteiger partial charge on any atom is 0.191 e. The van der Waals surface area contributed by atoms with Gasteiger partial charge in [0, 0.05) is 12.1 Å². The van der Waals surface area contributed by atoms with E-state index in [1.165, 1.54) is 6.42 Å². The van der Waals surface area contributed by atoms with Gasteiger partial charge in [0.2, 0.25) is 0 Å². The zero-order valence-corrected chi connectivity index (χ0v) is 13.5. The summed E-state index contributed by atoms with van der Waals surface area (Å²) in [4.78, 5) is 4.26. The maximum absolute atomic E-state index is 5.92. The van der Waals surface area contributed by atoms with Crippen molar-refractivity contribution in [3.8, 4) is 5.75 Å². The highest BCUT2D eigenvalue weighted by Crippen LogP contribution is 2.34. The molecule has 1 aromatic rings. The molecule has 2 saturated heterocycles. The summed E-state index contributed by atoms with van der Waals surface area (Å²) in [6, 6.07) is 7.78.